The Hall–Kier alpha value is -1.86. The van der Waals surface area contributed by atoms with Gasteiger partial charge in [-0.25, -0.2) is 17.9 Å². The summed E-state index contributed by atoms with van der Waals surface area (Å²) >= 11 is 13.2. The summed E-state index contributed by atoms with van der Waals surface area (Å²) in [7, 11) is 0. The number of halogens is 5. The molecule has 3 N–H and O–H groups in total. The van der Waals surface area contributed by atoms with Crippen LogP contribution in [-0.2, 0) is 4.74 Å². The van der Waals surface area contributed by atoms with Gasteiger partial charge < -0.3 is 20.1 Å². The van der Waals surface area contributed by atoms with Gasteiger partial charge in [0.05, 0.1) is 17.8 Å². The van der Waals surface area contributed by atoms with Crippen LogP contribution < -0.4 is 0 Å². The monoisotopic (exact) mass is 521 g/mol. The maximum atomic E-state index is 13.6. The van der Waals surface area contributed by atoms with Gasteiger partial charge in [0.15, 0.2) is 17.5 Å². The van der Waals surface area contributed by atoms with E-state index in [0.29, 0.717) is 14.9 Å². The van der Waals surface area contributed by atoms with Crippen molar-refractivity contribution < 1.29 is 33.2 Å². The van der Waals surface area contributed by atoms with Gasteiger partial charge in [-0.3, -0.25) is 0 Å². The molecular formula is C20H16Cl2F3N3O4S. The van der Waals surface area contributed by atoms with Crippen molar-refractivity contribution >= 4 is 35.0 Å². The number of nitrogens with zero attached hydrogens (tertiary/aromatic N) is 3. The quantitative estimate of drug-likeness (QED) is 0.442. The third-order valence-electron chi connectivity index (χ3n) is 5.08. The fraction of sp³-hybridized carbons (Fsp3) is 0.300. The largest absolute Gasteiger partial charge is 0.394 e. The van der Waals surface area contributed by atoms with Gasteiger partial charge in [-0.1, -0.05) is 40.2 Å². The van der Waals surface area contributed by atoms with E-state index in [0.717, 1.165) is 28.6 Å². The van der Waals surface area contributed by atoms with E-state index in [1.807, 2.05) is 0 Å². The van der Waals surface area contributed by atoms with E-state index in [2.05, 4.69) is 10.3 Å². The molecule has 1 saturated heterocycles. The standard InChI is InChI=1S/C20H16Cl2F3N3O4S/c21-9-1-2-10(22)15(5-9)33-20-19(31)17(18(30)14(7-29)32-20)28-6-13(26-27-28)8-3-11(23)16(25)12(24)4-8/h1-6,14,17-20,29-31H,7H2/t14-,17+,18+,19-,20-/m1/s1. The lowest BCUT2D eigenvalue weighted by Crippen LogP contribution is -2.55. The molecule has 13 heteroatoms. The lowest BCUT2D eigenvalue weighted by Gasteiger charge is -2.41. The Morgan fingerprint density at radius 2 is 1.76 bits per heavy atom. The number of ether oxygens (including phenoxy) is 1. The lowest BCUT2D eigenvalue weighted by atomic mass is 9.97. The van der Waals surface area contributed by atoms with Gasteiger partial charge >= 0.3 is 0 Å². The topological polar surface area (TPSA) is 101 Å². The van der Waals surface area contributed by atoms with Crippen LogP contribution >= 0.6 is 35.0 Å². The van der Waals surface area contributed by atoms with Gasteiger partial charge in [0.2, 0.25) is 0 Å². The van der Waals surface area contributed by atoms with Crippen molar-refractivity contribution in [2.45, 2.75) is 34.7 Å². The third kappa shape index (κ3) is 4.85. The van der Waals surface area contributed by atoms with Gasteiger partial charge in [-0.2, -0.15) is 0 Å². The van der Waals surface area contributed by atoms with E-state index in [1.165, 1.54) is 6.20 Å². The van der Waals surface area contributed by atoms with Gasteiger partial charge in [0, 0.05) is 15.5 Å². The fourth-order valence-corrected chi connectivity index (χ4v) is 5.04. The molecule has 1 fully saturated rings. The second kappa shape index (κ2) is 9.79. The molecule has 0 radical (unpaired) electrons. The minimum absolute atomic E-state index is 0.0265. The summed E-state index contributed by atoms with van der Waals surface area (Å²) in [5, 5.41) is 39.8. The fourth-order valence-electron chi connectivity index (χ4n) is 3.43. The Kier molecular flexibility index (Phi) is 7.20. The summed E-state index contributed by atoms with van der Waals surface area (Å²) < 4.78 is 47.2. The second-order valence-corrected chi connectivity index (χ2v) is 9.21. The number of aliphatic hydroxyl groups is 3. The first-order chi connectivity index (χ1) is 15.7. The molecule has 2 aromatic carbocycles. The normalized spacial score (nSPS) is 25.4. The zero-order chi connectivity index (χ0) is 23.9. The Morgan fingerprint density at radius 3 is 2.42 bits per heavy atom. The van der Waals surface area contributed by atoms with E-state index in [9.17, 15) is 28.5 Å². The molecule has 5 atom stereocenters. The molecule has 1 aromatic heterocycles. The lowest BCUT2D eigenvalue weighted by molar-refractivity contribution is -0.178. The molecule has 0 aliphatic carbocycles. The average Bonchev–Trinajstić information content (AvgIpc) is 3.26. The number of hydrogen-bond acceptors (Lipinski definition) is 7. The number of rotatable bonds is 5. The molecule has 1 aliphatic rings. The number of benzene rings is 2. The first-order valence-corrected chi connectivity index (χ1v) is 11.1. The predicted molar refractivity (Wildman–Crippen MR) is 114 cm³/mol. The molecule has 3 aromatic rings. The first kappa shape index (κ1) is 24.3. The summed E-state index contributed by atoms with van der Waals surface area (Å²) in [6.07, 6.45) is -2.65. The Balaban J connectivity index is 1.65. The summed E-state index contributed by atoms with van der Waals surface area (Å²) in [6, 6.07) is 5.08. The highest BCUT2D eigenvalue weighted by atomic mass is 35.5. The zero-order valence-corrected chi connectivity index (χ0v) is 18.8. The van der Waals surface area contributed by atoms with Gasteiger partial charge in [-0.15, -0.1) is 5.10 Å². The maximum absolute atomic E-state index is 13.6. The Labute approximate surface area is 199 Å². The first-order valence-electron chi connectivity index (χ1n) is 9.50. The Morgan fingerprint density at radius 1 is 1.06 bits per heavy atom. The van der Waals surface area contributed by atoms with E-state index in [1.54, 1.807) is 18.2 Å². The van der Waals surface area contributed by atoms with Crippen molar-refractivity contribution in [3.8, 4) is 11.3 Å². The van der Waals surface area contributed by atoms with E-state index < -0.39 is 53.8 Å². The molecule has 0 saturated carbocycles. The van der Waals surface area contributed by atoms with Crippen LogP contribution in [0.1, 0.15) is 6.04 Å². The van der Waals surface area contributed by atoms with Crippen LogP contribution in [0.25, 0.3) is 11.3 Å². The zero-order valence-electron chi connectivity index (χ0n) is 16.4. The smallest absolute Gasteiger partial charge is 0.194 e. The number of aliphatic hydroxyl groups excluding tert-OH is 3. The molecule has 2 heterocycles. The van der Waals surface area contributed by atoms with Gasteiger partial charge in [0.1, 0.15) is 35.5 Å². The van der Waals surface area contributed by atoms with Crippen molar-refractivity contribution in [3.05, 3.63) is 64.0 Å². The van der Waals surface area contributed by atoms with Crippen molar-refractivity contribution in [1.82, 2.24) is 15.0 Å². The average molecular weight is 522 g/mol. The SMILES string of the molecule is OC[C@H]1O[C@H](Sc2cc(Cl)ccc2Cl)[C@H](O)[C@@H](n2cc(-c3cc(F)c(F)c(F)c3)nn2)[C@H]1O. The number of aromatic nitrogens is 3. The van der Waals surface area contributed by atoms with E-state index in [4.69, 9.17) is 27.9 Å². The van der Waals surface area contributed by atoms with Gasteiger partial charge in [0.25, 0.3) is 0 Å². The molecule has 4 rings (SSSR count). The number of hydrogen-bond donors (Lipinski definition) is 3. The van der Waals surface area contributed by atoms with Crippen LogP contribution in [0.3, 0.4) is 0 Å². The third-order valence-corrected chi connectivity index (χ3v) is 6.97. The predicted octanol–water partition coefficient (Wildman–Crippen LogP) is 3.44. The molecule has 0 bridgehead atoms. The second-order valence-electron chi connectivity index (χ2n) is 7.23. The van der Waals surface area contributed by atoms with Crippen molar-refractivity contribution in [3.63, 3.8) is 0 Å². The minimum Gasteiger partial charge on any atom is -0.394 e. The minimum atomic E-state index is -1.62. The maximum Gasteiger partial charge on any atom is 0.194 e. The van der Waals surface area contributed by atoms with Crippen LogP contribution in [0.4, 0.5) is 13.2 Å². The Bertz CT molecular complexity index is 1150. The van der Waals surface area contributed by atoms with Crippen LogP contribution in [0.2, 0.25) is 10.0 Å². The molecule has 33 heavy (non-hydrogen) atoms. The van der Waals surface area contributed by atoms with E-state index >= 15 is 0 Å². The molecule has 1 aliphatic heterocycles. The summed E-state index contributed by atoms with van der Waals surface area (Å²) in [4.78, 5) is 0.497. The highest BCUT2D eigenvalue weighted by molar-refractivity contribution is 8.00. The summed E-state index contributed by atoms with van der Waals surface area (Å²) in [5.74, 6) is -4.42. The number of thioether (sulfide) groups is 1. The van der Waals surface area contributed by atoms with Crippen LogP contribution in [-0.4, -0.2) is 60.7 Å². The highest BCUT2D eigenvalue weighted by Gasteiger charge is 2.46. The molecular weight excluding hydrogens is 506 g/mol. The summed E-state index contributed by atoms with van der Waals surface area (Å²) in [6.45, 7) is -0.569. The summed E-state index contributed by atoms with van der Waals surface area (Å²) in [5.41, 5.74) is -1.12. The van der Waals surface area contributed by atoms with Crippen molar-refractivity contribution in [2.75, 3.05) is 6.61 Å². The molecule has 7 nitrogen and oxygen atoms in total. The van der Waals surface area contributed by atoms with E-state index in [-0.39, 0.29) is 11.3 Å². The van der Waals surface area contributed by atoms with Crippen molar-refractivity contribution in [1.29, 1.82) is 0 Å². The van der Waals surface area contributed by atoms with Crippen LogP contribution in [0.5, 0.6) is 0 Å². The van der Waals surface area contributed by atoms with Crippen LogP contribution in [0.15, 0.2) is 41.4 Å². The van der Waals surface area contributed by atoms with Gasteiger partial charge in [-0.05, 0) is 30.3 Å². The van der Waals surface area contributed by atoms with Crippen molar-refractivity contribution in [2.24, 2.45) is 0 Å². The molecule has 0 spiro atoms. The van der Waals surface area contributed by atoms with Crippen LogP contribution in [0, 0.1) is 17.5 Å². The highest BCUT2D eigenvalue weighted by Crippen LogP contribution is 2.41. The molecule has 0 unspecified atom stereocenters. The molecule has 0 amide bonds. The molecule has 176 valence electrons.